The lowest BCUT2D eigenvalue weighted by Gasteiger charge is -2.12. The van der Waals surface area contributed by atoms with Crippen LogP contribution < -0.4 is 0 Å². The Bertz CT molecular complexity index is 114. The lowest BCUT2D eigenvalue weighted by Crippen LogP contribution is -2.12. The Morgan fingerprint density at radius 3 is 2.56 bits per heavy atom. The van der Waals surface area contributed by atoms with E-state index >= 15 is 0 Å². The zero-order valence-electron chi connectivity index (χ0n) is 6.52. The van der Waals surface area contributed by atoms with Gasteiger partial charge in [-0.25, -0.2) is 0 Å². The van der Waals surface area contributed by atoms with E-state index in [1.54, 1.807) is 0 Å². The minimum atomic E-state index is 0.986. The predicted molar refractivity (Wildman–Crippen MR) is 42.3 cm³/mol. The lowest BCUT2D eigenvalue weighted by molar-refractivity contribution is 0.498. The molecule has 0 rings (SSSR count). The summed E-state index contributed by atoms with van der Waals surface area (Å²) in [6.45, 7) is 8.79. The van der Waals surface area contributed by atoms with Crippen LogP contribution in [0.4, 0.5) is 0 Å². The van der Waals surface area contributed by atoms with Crippen molar-refractivity contribution in [1.29, 1.82) is 0 Å². The summed E-state index contributed by atoms with van der Waals surface area (Å²) in [6, 6.07) is 0. The second kappa shape index (κ2) is 4.19. The van der Waals surface area contributed by atoms with E-state index in [9.17, 15) is 0 Å². The summed E-state index contributed by atoms with van der Waals surface area (Å²) in [4.78, 5) is 2.05. The molecule has 0 fully saturated rings. The van der Waals surface area contributed by atoms with Crippen LogP contribution in [0.5, 0.6) is 0 Å². The van der Waals surface area contributed by atoms with Gasteiger partial charge in [0.2, 0.25) is 0 Å². The van der Waals surface area contributed by atoms with E-state index in [1.807, 2.05) is 20.2 Å². The Balaban J connectivity index is 3.59. The Labute approximate surface area is 57.7 Å². The lowest BCUT2D eigenvalue weighted by atomic mass is 10.3. The van der Waals surface area contributed by atoms with Gasteiger partial charge in [-0.2, -0.15) is 0 Å². The normalized spacial score (nSPS) is 11.2. The smallest absolute Gasteiger partial charge is 0.0377 e. The van der Waals surface area contributed by atoms with Gasteiger partial charge in [0.15, 0.2) is 0 Å². The van der Waals surface area contributed by atoms with Crippen LogP contribution in [0.2, 0.25) is 0 Å². The molecule has 0 atom stereocenters. The van der Waals surface area contributed by atoms with Gasteiger partial charge in [-0.05, 0) is 20.0 Å². The molecule has 0 aromatic rings. The molecule has 9 heavy (non-hydrogen) atoms. The molecule has 0 saturated carbocycles. The third-order valence-electron chi connectivity index (χ3n) is 1.30. The molecule has 0 radical (unpaired) electrons. The fraction of sp³-hybridized carbons (Fsp3) is 0.500. The highest BCUT2D eigenvalue weighted by atomic mass is 15.1. The van der Waals surface area contributed by atoms with Gasteiger partial charge in [0.1, 0.15) is 0 Å². The number of likely N-dealkylation sites (N-methyl/N-ethyl adjacent to an activating group) is 1. The summed E-state index contributed by atoms with van der Waals surface area (Å²) in [5.41, 5.74) is 1.37. The van der Waals surface area contributed by atoms with Crippen molar-refractivity contribution in [2.24, 2.45) is 0 Å². The molecular weight excluding hydrogens is 110 g/mol. The number of nitrogens with zero attached hydrogens (tertiary/aromatic N) is 1. The van der Waals surface area contributed by atoms with Crippen molar-refractivity contribution in [2.75, 3.05) is 13.6 Å². The molecule has 1 nitrogen and oxygen atoms in total. The molecule has 0 spiro atoms. The molecule has 0 aromatic heterocycles. The third-order valence-corrected chi connectivity index (χ3v) is 1.30. The molecule has 0 bridgehead atoms. The predicted octanol–water partition coefficient (Wildman–Crippen LogP) is 2.03. The van der Waals surface area contributed by atoms with E-state index < -0.39 is 0 Å². The monoisotopic (exact) mass is 125 g/mol. The third kappa shape index (κ3) is 3.83. The van der Waals surface area contributed by atoms with Crippen LogP contribution in [0, 0.1) is 0 Å². The Morgan fingerprint density at radius 1 is 1.67 bits per heavy atom. The minimum absolute atomic E-state index is 0.986. The highest BCUT2D eigenvalue weighted by Gasteiger charge is 1.88. The maximum absolute atomic E-state index is 3.65. The summed E-state index contributed by atoms with van der Waals surface area (Å²) in [5.74, 6) is 0. The molecule has 0 aliphatic rings. The van der Waals surface area contributed by atoms with E-state index in [1.165, 1.54) is 5.57 Å². The van der Waals surface area contributed by atoms with E-state index in [0.717, 1.165) is 6.54 Å². The summed E-state index contributed by atoms with van der Waals surface area (Å²) < 4.78 is 0. The molecule has 1 heteroatoms. The first-order valence-electron chi connectivity index (χ1n) is 3.15. The number of hydrogen-bond donors (Lipinski definition) is 0. The first-order chi connectivity index (χ1) is 4.20. The van der Waals surface area contributed by atoms with Gasteiger partial charge in [0.25, 0.3) is 0 Å². The first kappa shape index (κ1) is 8.28. The first-order valence-corrected chi connectivity index (χ1v) is 3.15. The average Bonchev–Trinajstić information content (AvgIpc) is 1.87. The van der Waals surface area contributed by atoms with Crippen molar-refractivity contribution >= 4 is 0 Å². The molecule has 0 aliphatic heterocycles. The Hall–Kier alpha value is -0.720. The fourth-order valence-electron chi connectivity index (χ4n) is 0.549. The zero-order valence-corrected chi connectivity index (χ0v) is 6.52. The molecule has 52 valence electrons. The van der Waals surface area contributed by atoms with E-state index in [2.05, 4.69) is 24.5 Å². The quantitative estimate of drug-likeness (QED) is 0.522. The maximum atomic E-state index is 3.65. The van der Waals surface area contributed by atoms with Crippen LogP contribution >= 0.6 is 0 Å². The number of allylic oxidation sites excluding steroid dienone is 1. The molecule has 0 saturated heterocycles. The Kier molecular flexibility index (Phi) is 3.85. The van der Waals surface area contributed by atoms with Crippen LogP contribution in [0.25, 0.3) is 0 Å². The fourth-order valence-corrected chi connectivity index (χ4v) is 0.549. The van der Waals surface area contributed by atoms with Gasteiger partial charge in [0.05, 0.1) is 0 Å². The van der Waals surface area contributed by atoms with Crippen LogP contribution in [0.15, 0.2) is 24.4 Å². The van der Waals surface area contributed by atoms with Crippen molar-refractivity contribution in [2.45, 2.75) is 13.8 Å². The van der Waals surface area contributed by atoms with Crippen LogP contribution in [-0.4, -0.2) is 18.5 Å². The summed E-state index contributed by atoms with van der Waals surface area (Å²) >= 11 is 0. The number of hydrogen-bond acceptors (Lipinski definition) is 1. The topological polar surface area (TPSA) is 3.24 Å². The van der Waals surface area contributed by atoms with Crippen LogP contribution in [0.3, 0.4) is 0 Å². The second-order valence-corrected chi connectivity index (χ2v) is 2.23. The summed E-state index contributed by atoms with van der Waals surface area (Å²) in [5, 5.41) is 0. The van der Waals surface area contributed by atoms with Gasteiger partial charge in [0, 0.05) is 13.6 Å². The molecule has 0 amide bonds. The van der Waals surface area contributed by atoms with Gasteiger partial charge in [-0.15, -0.1) is 0 Å². The SMILES string of the molecule is C=CN(C)CC(C)=CC. The molecule has 0 aliphatic carbocycles. The van der Waals surface area contributed by atoms with E-state index in [-0.39, 0.29) is 0 Å². The standard InChI is InChI=1S/C8H15N/c1-5-8(3)7-9(4)6-2/h5-6H,2,7H2,1,3-4H3. The highest BCUT2D eigenvalue weighted by molar-refractivity contribution is 4.99. The van der Waals surface area contributed by atoms with Crippen molar-refractivity contribution < 1.29 is 0 Å². The minimum Gasteiger partial charge on any atom is -0.377 e. The van der Waals surface area contributed by atoms with Crippen LogP contribution in [0.1, 0.15) is 13.8 Å². The van der Waals surface area contributed by atoms with Crippen molar-refractivity contribution in [3.63, 3.8) is 0 Å². The second-order valence-electron chi connectivity index (χ2n) is 2.23. The van der Waals surface area contributed by atoms with Crippen molar-refractivity contribution in [1.82, 2.24) is 4.90 Å². The molecule has 0 heterocycles. The molecule has 0 aromatic carbocycles. The molecule has 0 unspecified atom stereocenters. The number of rotatable bonds is 3. The largest absolute Gasteiger partial charge is 0.377 e. The van der Waals surface area contributed by atoms with Gasteiger partial charge in [-0.1, -0.05) is 18.2 Å². The Morgan fingerprint density at radius 2 is 2.22 bits per heavy atom. The van der Waals surface area contributed by atoms with Crippen molar-refractivity contribution in [3.05, 3.63) is 24.4 Å². The van der Waals surface area contributed by atoms with Gasteiger partial charge >= 0.3 is 0 Å². The van der Waals surface area contributed by atoms with Crippen molar-refractivity contribution in [3.8, 4) is 0 Å². The summed E-state index contributed by atoms with van der Waals surface area (Å²) in [6.07, 6.45) is 3.94. The maximum Gasteiger partial charge on any atom is 0.0377 e. The summed E-state index contributed by atoms with van der Waals surface area (Å²) in [7, 11) is 2.01. The zero-order chi connectivity index (χ0) is 7.28. The highest BCUT2D eigenvalue weighted by Crippen LogP contribution is 1.94. The van der Waals surface area contributed by atoms with E-state index in [4.69, 9.17) is 0 Å². The molecule has 0 N–H and O–H groups in total. The molecular formula is C8H15N. The van der Waals surface area contributed by atoms with Gasteiger partial charge < -0.3 is 4.90 Å². The van der Waals surface area contributed by atoms with Gasteiger partial charge in [-0.3, -0.25) is 0 Å². The van der Waals surface area contributed by atoms with E-state index in [0.29, 0.717) is 0 Å². The average molecular weight is 125 g/mol. The van der Waals surface area contributed by atoms with Crippen LogP contribution in [-0.2, 0) is 0 Å².